The molecule has 0 aliphatic heterocycles. The highest BCUT2D eigenvalue weighted by atomic mass is 31.2. The van der Waals surface area contributed by atoms with E-state index < -0.39 is 129 Å². The first-order chi connectivity index (χ1) is 25.3. The van der Waals surface area contributed by atoms with Crippen LogP contribution in [0.5, 0.6) is 0 Å². The summed E-state index contributed by atoms with van der Waals surface area (Å²) in [6, 6.07) is 0. The Kier molecular flexibility index (Phi) is 14.9. The molecule has 8 nitrogen and oxygen atoms in total. The predicted molar refractivity (Wildman–Crippen MR) is 117 cm³/mol. The number of phosphoric ester groups is 1. The van der Waals surface area contributed by atoms with Gasteiger partial charge >= 0.3 is 83.4 Å². The van der Waals surface area contributed by atoms with Gasteiger partial charge in [-0.15, -0.1) is 0 Å². The Balaban J connectivity index is 5.71. The van der Waals surface area contributed by atoms with Gasteiger partial charge in [0, 0.05) is 13.1 Å². The smallest absolute Gasteiger partial charge is 0.460 e. The third-order valence-corrected chi connectivity index (χ3v) is 7.50. The second kappa shape index (κ2) is 15.7. The van der Waals surface area contributed by atoms with E-state index in [4.69, 9.17) is 0 Å². The minimum atomic E-state index is -8.81. The molecule has 0 heterocycles. The van der Waals surface area contributed by atoms with Crippen molar-refractivity contribution in [2.75, 3.05) is 26.3 Å². The molecule has 0 saturated carbocycles. The van der Waals surface area contributed by atoms with Gasteiger partial charge in [-0.3, -0.25) is 14.2 Å². The van der Waals surface area contributed by atoms with E-state index in [1.807, 2.05) is 0 Å². The van der Waals surface area contributed by atoms with Gasteiger partial charge in [-0.2, -0.15) is 132 Å². The van der Waals surface area contributed by atoms with Crippen molar-refractivity contribution in [2.45, 2.75) is 83.4 Å². The van der Waals surface area contributed by atoms with Crippen molar-refractivity contribution < 1.29 is 160 Å². The molecule has 0 aromatic heterocycles. The molecule has 0 radical (unpaired) electrons. The molecule has 0 aliphatic rings. The van der Waals surface area contributed by atoms with E-state index in [1.165, 1.54) is 0 Å². The fourth-order valence-corrected chi connectivity index (χ4v) is 3.83. The van der Waals surface area contributed by atoms with Crippen molar-refractivity contribution in [2.24, 2.45) is 0 Å². The van der Waals surface area contributed by atoms with Crippen LogP contribution in [0.2, 0.25) is 0 Å². The summed E-state index contributed by atoms with van der Waals surface area (Å²) in [5.74, 6) is -109. The third kappa shape index (κ3) is 8.72. The van der Waals surface area contributed by atoms with Gasteiger partial charge in [0.25, 0.3) is 19.6 Å². The van der Waals surface area contributed by atoms with Crippen LogP contribution in [0.25, 0.3) is 0 Å². The number of rotatable bonds is 20. The van der Waals surface area contributed by atoms with Crippen LogP contribution in [0, 0.1) is 0 Å². The summed E-state index contributed by atoms with van der Waals surface area (Å²) >= 11 is 0. The highest BCUT2D eigenvalue weighted by molar-refractivity contribution is 7.45. The fourth-order valence-electron chi connectivity index (χ4n) is 3.12. The van der Waals surface area contributed by atoms with Gasteiger partial charge in [-0.05, 0) is 0 Å². The molecule has 0 atom stereocenters. The summed E-state index contributed by atoms with van der Waals surface area (Å²) in [5, 5.41) is 0.410. The Morgan fingerprint density at radius 2 is 0.559 bits per heavy atom. The Morgan fingerprint density at radius 1 is 0.373 bits per heavy atom. The van der Waals surface area contributed by atoms with E-state index in [0.29, 0.717) is 0 Å². The highest BCUT2D eigenvalue weighted by Gasteiger charge is 2.95. The van der Waals surface area contributed by atoms with Crippen LogP contribution in [-0.4, -0.2) is 122 Å². The first-order valence-electron chi connectivity index (χ1n) is 13.1. The second-order valence-corrected chi connectivity index (χ2v) is 11.9. The number of carbonyl (C=O) groups excluding carboxylic acids is 2. The first-order valence-corrected chi connectivity index (χ1v) is 14.6. The Morgan fingerprint density at radius 3 is 0.763 bits per heavy atom. The van der Waals surface area contributed by atoms with Gasteiger partial charge in [0.15, 0.2) is 0 Å². The van der Waals surface area contributed by atoms with Gasteiger partial charge in [-0.25, -0.2) is 0 Å². The van der Waals surface area contributed by atoms with E-state index in [2.05, 4.69) is 9.05 Å². The second-order valence-electron chi connectivity index (χ2n) is 10.5. The van der Waals surface area contributed by atoms with Crippen LogP contribution < -0.4 is 15.5 Å². The summed E-state index contributed by atoms with van der Waals surface area (Å²) in [7, 11) is -6.31. The van der Waals surface area contributed by atoms with E-state index in [0.717, 1.165) is 0 Å². The molecule has 59 heavy (non-hydrogen) atoms. The molecule has 0 rings (SSSR count). The van der Waals surface area contributed by atoms with Gasteiger partial charge < -0.3 is 24.6 Å². The molecule has 0 unspecified atom stereocenters. The summed E-state index contributed by atoms with van der Waals surface area (Å²) in [6.07, 6.45) is -15.9. The Labute approximate surface area is 301 Å². The molecule has 0 aliphatic carbocycles. The van der Waals surface area contributed by atoms with Gasteiger partial charge in [0.2, 0.25) is 0 Å². The first kappa shape index (κ1) is 55.9. The Bertz CT molecular complexity index is 1460. The lowest BCUT2D eigenvalue weighted by atomic mass is 9.91. The lowest BCUT2D eigenvalue weighted by Gasteiger charge is -2.41. The topological polar surface area (TPSA) is 117 Å². The van der Waals surface area contributed by atoms with E-state index in [1.54, 1.807) is 0 Å². The fraction of sp³-hybridized carbons (Fsp3) is 0.900. The lowest BCUT2D eigenvalue weighted by Crippen LogP contribution is -2.74. The molecule has 39 heteroatoms. The minimum absolute atomic E-state index is 0.205. The predicted octanol–water partition coefficient (Wildman–Crippen LogP) is 7.47. The molecule has 0 bridgehead atoms. The van der Waals surface area contributed by atoms with Crippen LogP contribution in [0.1, 0.15) is 0 Å². The molecule has 0 saturated heterocycles. The number of phosphoric acid groups is 1. The number of hydrogen-bond acceptors (Lipinski definition) is 6. The van der Waals surface area contributed by atoms with Crippen molar-refractivity contribution >= 4 is 19.6 Å². The normalized spacial score (nSPS) is 16.0. The van der Waals surface area contributed by atoms with Crippen LogP contribution in [0.3, 0.4) is 0 Å². The number of alkyl halides is 30. The van der Waals surface area contributed by atoms with Crippen LogP contribution in [0.4, 0.5) is 132 Å². The van der Waals surface area contributed by atoms with Crippen molar-refractivity contribution in [1.29, 1.82) is 0 Å². The maximum Gasteiger partial charge on any atom is 0.460 e. The summed E-state index contributed by atoms with van der Waals surface area (Å²) < 4.78 is 413. The quantitative estimate of drug-likeness (QED) is 0.0744. The van der Waals surface area contributed by atoms with E-state index in [9.17, 15) is 151 Å². The molecular weight excluding hydrogens is 965 g/mol. The summed E-state index contributed by atoms with van der Waals surface area (Å²) in [6.45, 7) is -8.46. The zero-order valence-electron chi connectivity index (χ0n) is 26.1. The van der Waals surface area contributed by atoms with Crippen LogP contribution in [-0.2, 0) is 23.2 Å². The zero-order valence-corrected chi connectivity index (χ0v) is 27.0. The molecule has 0 aromatic carbocycles. The molecule has 0 aromatic rings. The number of nitrogens with one attached hydrogen (secondary N) is 2. The standard InChI is InChI=1S/C20H11F30N2O6P/c21-7(22,9(25,26)11(29,30)13(33,34)15(37,38)17(41,42)19(45,46)47)5(53)51-1-3-57-59(55,56)58-4-2-52-6(54)8(23,24)10(27,28)12(31,32)14(35,36)16(39,40)18(43,44)20(48,49)50/h1-4H2,(H,51,53)(H,52,54)(H,55,56)/p-1. The van der Waals surface area contributed by atoms with Crippen molar-refractivity contribution in [1.82, 2.24) is 10.6 Å². The van der Waals surface area contributed by atoms with Crippen LogP contribution >= 0.6 is 7.82 Å². The van der Waals surface area contributed by atoms with Crippen molar-refractivity contribution in [3.8, 4) is 0 Å². The molecule has 0 spiro atoms. The zero-order chi connectivity index (χ0) is 48.3. The average Bonchev–Trinajstić information content (AvgIpc) is 3.02. The number of carbonyl (C=O) groups is 2. The number of amides is 2. The molecule has 352 valence electrons. The maximum atomic E-state index is 13.8. The third-order valence-electron chi connectivity index (χ3n) is 6.50. The van der Waals surface area contributed by atoms with Crippen molar-refractivity contribution in [3.05, 3.63) is 0 Å². The SMILES string of the molecule is O=C(NCCOP(=O)([O-])OCCNC(=O)C(F)(F)C(F)(F)C(F)(F)C(F)(F)C(F)(F)C(F)(F)C(F)(F)F)C(F)(F)C(F)(F)C(F)(F)C(F)(F)C(F)(F)C(F)(F)C(F)(F)F. The van der Waals surface area contributed by atoms with E-state index in [-0.39, 0.29) is 10.6 Å². The largest absolute Gasteiger partial charge is 0.756 e. The van der Waals surface area contributed by atoms with Gasteiger partial charge in [-0.1, -0.05) is 0 Å². The average molecular weight is 975 g/mol. The summed E-state index contributed by atoms with van der Waals surface area (Å²) in [4.78, 5) is 34.0. The minimum Gasteiger partial charge on any atom is -0.756 e. The van der Waals surface area contributed by atoms with E-state index >= 15 is 0 Å². The lowest BCUT2D eigenvalue weighted by molar-refractivity contribution is -0.449. The van der Waals surface area contributed by atoms with Crippen molar-refractivity contribution in [3.63, 3.8) is 0 Å². The highest BCUT2D eigenvalue weighted by Crippen LogP contribution is 2.64. The van der Waals surface area contributed by atoms with Crippen LogP contribution in [0.15, 0.2) is 0 Å². The molecular formula is C20H10F30N2O6P-. The molecule has 2 amide bonds. The van der Waals surface area contributed by atoms with Gasteiger partial charge in [0.05, 0.1) is 13.2 Å². The monoisotopic (exact) mass is 975 g/mol. The summed E-state index contributed by atoms with van der Waals surface area (Å²) in [5.41, 5.74) is 0. The number of hydrogen-bond donors (Lipinski definition) is 2. The number of halogens is 30. The maximum absolute atomic E-state index is 13.8. The molecule has 0 fully saturated rings. The van der Waals surface area contributed by atoms with Gasteiger partial charge in [0.1, 0.15) is 0 Å². The molecule has 2 N–H and O–H groups in total. The Hall–Kier alpha value is -3.05.